The van der Waals surface area contributed by atoms with Gasteiger partial charge in [0.25, 0.3) is 5.82 Å². The van der Waals surface area contributed by atoms with Crippen LogP contribution in [0.3, 0.4) is 0 Å². The number of H-pyrrole nitrogens is 1. The van der Waals surface area contributed by atoms with Gasteiger partial charge in [-0.25, -0.2) is 9.55 Å². The number of aromatic nitrogens is 2. The van der Waals surface area contributed by atoms with Crippen molar-refractivity contribution in [2.24, 2.45) is 5.41 Å². The van der Waals surface area contributed by atoms with Crippen LogP contribution in [0.5, 0.6) is 0 Å². The first-order valence-corrected chi connectivity index (χ1v) is 6.67. The SMILES string of the molecule is CC(C)(C)C(Cl)c1[nH]cc[n+]1Cc1ccccc1.[Cl-]. The van der Waals surface area contributed by atoms with Crippen LogP contribution < -0.4 is 17.0 Å². The van der Waals surface area contributed by atoms with Crippen molar-refractivity contribution in [1.82, 2.24) is 4.98 Å². The highest BCUT2D eigenvalue weighted by Crippen LogP contribution is 2.35. The number of hydrogen-bond donors (Lipinski definition) is 1. The molecule has 4 heteroatoms. The Hall–Kier alpha value is -0.990. The van der Waals surface area contributed by atoms with Crippen LogP contribution in [0.2, 0.25) is 0 Å². The number of aromatic amines is 1. The molecule has 1 N–H and O–H groups in total. The van der Waals surface area contributed by atoms with Crippen LogP contribution in [-0.2, 0) is 6.54 Å². The molecule has 0 radical (unpaired) electrons. The molecule has 1 aromatic heterocycles. The second-order valence-corrected chi connectivity index (χ2v) is 6.12. The molecule has 0 saturated heterocycles. The Morgan fingerprint density at radius 1 is 1.21 bits per heavy atom. The van der Waals surface area contributed by atoms with Gasteiger partial charge in [-0.2, -0.15) is 0 Å². The van der Waals surface area contributed by atoms with Crippen molar-refractivity contribution in [3.63, 3.8) is 0 Å². The Labute approximate surface area is 126 Å². The van der Waals surface area contributed by atoms with E-state index in [0.29, 0.717) is 0 Å². The van der Waals surface area contributed by atoms with Gasteiger partial charge in [-0.15, -0.1) is 11.6 Å². The largest absolute Gasteiger partial charge is 1.00 e. The smallest absolute Gasteiger partial charge is 0.273 e. The van der Waals surface area contributed by atoms with Crippen LogP contribution in [-0.4, -0.2) is 4.98 Å². The minimum absolute atomic E-state index is 0. The Bertz CT molecular complexity index is 500. The minimum Gasteiger partial charge on any atom is -1.00 e. The topological polar surface area (TPSA) is 19.7 Å². The fraction of sp³-hybridized carbons (Fsp3) is 0.400. The number of benzene rings is 1. The zero-order valence-corrected chi connectivity index (χ0v) is 13.0. The Morgan fingerprint density at radius 3 is 2.42 bits per heavy atom. The van der Waals surface area contributed by atoms with Gasteiger partial charge in [-0.3, -0.25) is 0 Å². The lowest BCUT2D eigenvalue weighted by molar-refractivity contribution is -0.695. The van der Waals surface area contributed by atoms with Crippen molar-refractivity contribution < 1.29 is 17.0 Å². The fourth-order valence-corrected chi connectivity index (χ4v) is 2.11. The van der Waals surface area contributed by atoms with Crippen LogP contribution in [0, 0.1) is 5.41 Å². The Balaban J connectivity index is 0.00000180. The number of rotatable bonds is 3. The zero-order valence-electron chi connectivity index (χ0n) is 11.5. The molecule has 1 unspecified atom stereocenters. The summed E-state index contributed by atoms with van der Waals surface area (Å²) in [7, 11) is 0. The van der Waals surface area contributed by atoms with Crippen LogP contribution in [0.15, 0.2) is 42.7 Å². The van der Waals surface area contributed by atoms with Gasteiger partial charge in [-0.05, 0) is 11.0 Å². The third-order valence-electron chi connectivity index (χ3n) is 2.99. The summed E-state index contributed by atoms with van der Waals surface area (Å²) in [6, 6.07) is 10.4. The van der Waals surface area contributed by atoms with E-state index in [1.165, 1.54) is 5.56 Å². The van der Waals surface area contributed by atoms with E-state index >= 15 is 0 Å². The third kappa shape index (κ3) is 3.99. The second kappa shape index (κ2) is 6.44. The van der Waals surface area contributed by atoms with Gasteiger partial charge in [0.1, 0.15) is 24.3 Å². The van der Waals surface area contributed by atoms with E-state index in [1.807, 2.05) is 18.5 Å². The average Bonchev–Trinajstić information content (AvgIpc) is 2.76. The molecule has 0 fully saturated rings. The highest BCUT2D eigenvalue weighted by atomic mass is 35.5. The maximum atomic E-state index is 6.54. The quantitative estimate of drug-likeness (QED) is 0.635. The summed E-state index contributed by atoms with van der Waals surface area (Å²) in [4.78, 5) is 3.26. The van der Waals surface area contributed by atoms with Crippen LogP contribution in [0.1, 0.15) is 37.5 Å². The number of halogens is 2. The first kappa shape index (κ1) is 16.1. The summed E-state index contributed by atoms with van der Waals surface area (Å²) in [5.41, 5.74) is 1.31. The molecule has 1 aromatic carbocycles. The van der Waals surface area contributed by atoms with E-state index in [0.717, 1.165) is 12.4 Å². The standard InChI is InChI=1S/C15H19ClN2.ClH/c1-15(2,3)13(16)14-17-9-10-18(14)11-12-7-5-4-6-8-12;/h4-10,13H,11H2,1-3H3;1H. The molecule has 0 aliphatic rings. The van der Waals surface area contributed by atoms with Crippen LogP contribution >= 0.6 is 11.6 Å². The van der Waals surface area contributed by atoms with Gasteiger partial charge in [0.2, 0.25) is 0 Å². The van der Waals surface area contributed by atoms with E-state index in [4.69, 9.17) is 11.6 Å². The van der Waals surface area contributed by atoms with E-state index < -0.39 is 0 Å². The number of hydrogen-bond acceptors (Lipinski definition) is 0. The molecule has 2 rings (SSSR count). The summed E-state index contributed by atoms with van der Waals surface area (Å²) >= 11 is 6.54. The van der Waals surface area contributed by atoms with Crippen molar-refractivity contribution in [2.75, 3.05) is 0 Å². The molecule has 1 atom stereocenters. The second-order valence-electron chi connectivity index (χ2n) is 5.69. The molecule has 1 heterocycles. The molecule has 2 aromatic rings. The van der Waals surface area contributed by atoms with Gasteiger partial charge in [0, 0.05) is 0 Å². The number of alkyl halides is 1. The van der Waals surface area contributed by atoms with Crippen molar-refractivity contribution in [3.05, 3.63) is 54.1 Å². The summed E-state index contributed by atoms with van der Waals surface area (Å²) < 4.78 is 2.18. The molecule has 19 heavy (non-hydrogen) atoms. The summed E-state index contributed by atoms with van der Waals surface area (Å²) in [6.07, 6.45) is 3.99. The van der Waals surface area contributed by atoms with Gasteiger partial charge in [0.05, 0.1) is 0 Å². The van der Waals surface area contributed by atoms with Crippen molar-refractivity contribution in [3.8, 4) is 0 Å². The molecule has 0 bridgehead atoms. The van der Waals surface area contributed by atoms with Crippen molar-refractivity contribution in [2.45, 2.75) is 32.7 Å². The van der Waals surface area contributed by atoms with Crippen LogP contribution in [0.25, 0.3) is 0 Å². The first-order chi connectivity index (χ1) is 8.48. The first-order valence-electron chi connectivity index (χ1n) is 6.23. The van der Waals surface area contributed by atoms with Gasteiger partial charge in [-0.1, -0.05) is 51.1 Å². The molecular formula is C15H20Cl2N2. The highest BCUT2D eigenvalue weighted by Gasteiger charge is 2.32. The predicted octanol–water partition coefficient (Wildman–Crippen LogP) is 0.680. The highest BCUT2D eigenvalue weighted by molar-refractivity contribution is 6.20. The molecule has 0 saturated carbocycles. The minimum atomic E-state index is -0.0313. The zero-order chi connectivity index (χ0) is 13.2. The number of nitrogens with zero attached hydrogens (tertiary/aromatic N) is 1. The number of nitrogens with one attached hydrogen (secondary N) is 1. The van der Waals surface area contributed by atoms with Crippen LogP contribution in [0.4, 0.5) is 0 Å². The molecule has 0 aliphatic heterocycles. The lowest BCUT2D eigenvalue weighted by Gasteiger charge is -2.21. The maximum Gasteiger partial charge on any atom is 0.273 e. The van der Waals surface area contributed by atoms with E-state index in [1.54, 1.807) is 0 Å². The molecule has 0 spiro atoms. The monoisotopic (exact) mass is 298 g/mol. The molecule has 2 nitrogen and oxygen atoms in total. The Morgan fingerprint density at radius 2 is 1.84 bits per heavy atom. The maximum absolute atomic E-state index is 6.54. The third-order valence-corrected chi connectivity index (χ3v) is 3.85. The molecule has 0 amide bonds. The van der Waals surface area contributed by atoms with Gasteiger partial charge >= 0.3 is 0 Å². The Kier molecular flexibility index (Phi) is 5.45. The van der Waals surface area contributed by atoms with Crippen molar-refractivity contribution >= 4 is 11.6 Å². The predicted molar refractivity (Wildman–Crippen MR) is 74.6 cm³/mol. The lowest BCUT2D eigenvalue weighted by atomic mass is 9.91. The lowest BCUT2D eigenvalue weighted by Crippen LogP contribution is -3.00. The van der Waals surface area contributed by atoms with Crippen molar-refractivity contribution in [1.29, 1.82) is 0 Å². The summed E-state index contributed by atoms with van der Waals surface area (Å²) in [6.45, 7) is 7.30. The van der Waals surface area contributed by atoms with E-state index in [-0.39, 0.29) is 23.2 Å². The normalized spacial score (nSPS) is 12.8. The molecule has 104 valence electrons. The summed E-state index contributed by atoms with van der Waals surface area (Å²) in [5.74, 6) is 1.06. The van der Waals surface area contributed by atoms with E-state index in [2.05, 4.69) is 54.6 Å². The van der Waals surface area contributed by atoms with E-state index in [9.17, 15) is 0 Å². The molecular weight excluding hydrogens is 279 g/mol. The summed E-state index contributed by atoms with van der Waals surface area (Å²) in [5, 5.41) is -0.0313. The average molecular weight is 299 g/mol. The fourth-order valence-electron chi connectivity index (χ4n) is 1.92. The van der Waals surface area contributed by atoms with Gasteiger partial charge < -0.3 is 12.4 Å². The molecule has 0 aliphatic carbocycles. The van der Waals surface area contributed by atoms with Gasteiger partial charge in [0.15, 0.2) is 0 Å². The number of imidazole rings is 1.